The second-order valence-electron chi connectivity index (χ2n) is 7.00. The number of nitrogens with one attached hydrogen (secondary N) is 1. The molecule has 6 nitrogen and oxygen atoms in total. The van der Waals surface area contributed by atoms with Crippen molar-refractivity contribution in [3.63, 3.8) is 0 Å². The molecule has 1 heterocycles. The third-order valence-electron chi connectivity index (χ3n) is 4.77. The van der Waals surface area contributed by atoms with E-state index in [9.17, 15) is 9.59 Å². The zero-order chi connectivity index (χ0) is 18.1. The molecule has 1 amide bonds. The average molecular weight is 370 g/mol. The monoisotopic (exact) mass is 370 g/mol. The molecule has 0 aliphatic heterocycles. The van der Waals surface area contributed by atoms with Crippen molar-refractivity contribution >= 4 is 29.1 Å². The summed E-state index contributed by atoms with van der Waals surface area (Å²) in [4.78, 5) is 23.6. The molecule has 2 aromatic rings. The molecule has 2 aliphatic rings. The van der Waals surface area contributed by atoms with E-state index in [0.717, 1.165) is 54.5 Å². The Labute approximate surface area is 156 Å². The molecule has 136 valence electrons. The van der Waals surface area contributed by atoms with E-state index in [-0.39, 0.29) is 11.2 Å². The lowest BCUT2D eigenvalue weighted by Gasteiger charge is -2.20. The number of Topliss-reactive ketones (excluding diaryl/α,β-unsaturated/α-hetero) is 1. The van der Waals surface area contributed by atoms with Crippen LogP contribution in [0.4, 0.5) is 5.69 Å². The van der Waals surface area contributed by atoms with Crippen molar-refractivity contribution in [1.29, 1.82) is 0 Å². The first kappa shape index (κ1) is 17.3. The summed E-state index contributed by atoms with van der Waals surface area (Å²) in [6.07, 6.45) is 5.90. The molecule has 1 N–H and O–H groups in total. The minimum absolute atomic E-state index is 0.0303. The Morgan fingerprint density at radius 3 is 2.81 bits per heavy atom. The van der Waals surface area contributed by atoms with Crippen molar-refractivity contribution in [1.82, 2.24) is 14.8 Å². The maximum atomic E-state index is 12.2. The van der Waals surface area contributed by atoms with Gasteiger partial charge in [0.2, 0.25) is 5.91 Å². The van der Waals surface area contributed by atoms with Crippen LogP contribution in [0, 0.1) is 0 Å². The summed E-state index contributed by atoms with van der Waals surface area (Å²) in [7, 11) is 0. The summed E-state index contributed by atoms with van der Waals surface area (Å²) < 4.78 is 2.07. The van der Waals surface area contributed by atoms with E-state index >= 15 is 0 Å². The van der Waals surface area contributed by atoms with Gasteiger partial charge in [-0.3, -0.25) is 14.2 Å². The van der Waals surface area contributed by atoms with E-state index < -0.39 is 0 Å². The number of benzene rings is 1. The number of carbonyl (C=O) groups excluding carboxylic acids is 2. The van der Waals surface area contributed by atoms with E-state index in [2.05, 4.69) is 20.1 Å². The molecule has 0 radical (unpaired) electrons. The Morgan fingerprint density at radius 2 is 2.08 bits per heavy atom. The molecule has 0 unspecified atom stereocenters. The molecule has 2 aliphatic carbocycles. The van der Waals surface area contributed by atoms with Gasteiger partial charge in [0.15, 0.2) is 5.16 Å². The number of ketones is 1. The lowest BCUT2D eigenvalue weighted by Crippen LogP contribution is -2.21. The van der Waals surface area contributed by atoms with Gasteiger partial charge in [-0.25, -0.2) is 0 Å². The fourth-order valence-electron chi connectivity index (χ4n) is 3.34. The van der Waals surface area contributed by atoms with Crippen LogP contribution in [0.2, 0.25) is 0 Å². The quantitative estimate of drug-likeness (QED) is 0.868. The Balaban J connectivity index is 1.68. The fourth-order valence-corrected chi connectivity index (χ4v) is 4.52. The van der Waals surface area contributed by atoms with Crippen LogP contribution in [0.3, 0.4) is 0 Å². The number of carbonyl (C=O) groups is 2. The number of thioether (sulfide) groups is 1. The van der Waals surface area contributed by atoms with Crippen LogP contribution in [0.15, 0.2) is 29.4 Å². The summed E-state index contributed by atoms with van der Waals surface area (Å²) in [5, 5.41) is 12.4. The number of hydrogen-bond donors (Lipinski definition) is 1. The highest BCUT2D eigenvalue weighted by Crippen LogP contribution is 2.42. The third kappa shape index (κ3) is 3.67. The third-order valence-corrected chi connectivity index (χ3v) is 6.03. The second-order valence-corrected chi connectivity index (χ2v) is 8.17. The highest BCUT2D eigenvalue weighted by molar-refractivity contribution is 8.00. The number of nitrogens with zero attached hydrogens (tertiary/aromatic N) is 3. The van der Waals surface area contributed by atoms with Gasteiger partial charge < -0.3 is 5.32 Å². The van der Waals surface area contributed by atoms with Crippen LogP contribution in [0.1, 0.15) is 57.2 Å². The first-order valence-electron chi connectivity index (χ1n) is 9.14. The first-order valence-corrected chi connectivity index (χ1v) is 10.0. The van der Waals surface area contributed by atoms with Gasteiger partial charge in [-0.15, -0.1) is 10.2 Å². The molecule has 4 rings (SSSR count). The zero-order valence-corrected chi connectivity index (χ0v) is 15.6. The number of aromatic nitrogens is 3. The van der Waals surface area contributed by atoms with Gasteiger partial charge in [-0.1, -0.05) is 24.2 Å². The topological polar surface area (TPSA) is 76.9 Å². The van der Waals surface area contributed by atoms with Gasteiger partial charge >= 0.3 is 0 Å². The highest BCUT2D eigenvalue weighted by atomic mass is 32.2. The molecule has 2 saturated carbocycles. The highest BCUT2D eigenvalue weighted by Gasteiger charge is 2.33. The van der Waals surface area contributed by atoms with Crippen LogP contribution >= 0.6 is 11.8 Å². The first-order chi connectivity index (χ1) is 12.6. The van der Waals surface area contributed by atoms with Crippen molar-refractivity contribution in [3.05, 3.63) is 30.1 Å². The van der Waals surface area contributed by atoms with Crippen molar-refractivity contribution in [3.8, 4) is 5.69 Å². The van der Waals surface area contributed by atoms with Crippen LogP contribution in [0.5, 0.6) is 0 Å². The van der Waals surface area contributed by atoms with Crippen molar-refractivity contribution in [2.75, 3.05) is 5.32 Å². The van der Waals surface area contributed by atoms with E-state index in [0.29, 0.717) is 18.1 Å². The standard InChI is InChI=1S/C19H22N4O2S/c1-12(24)20-14-5-4-6-15(11-14)23-18(13-9-10-13)21-22-19(23)26-17-8-3-2-7-16(17)25/h4-6,11,13,17H,2-3,7-10H2,1H3,(H,20,24)/t17-/m0/s1. The smallest absolute Gasteiger partial charge is 0.221 e. The molecular formula is C19H22N4O2S. The number of anilines is 1. The Kier molecular flexibility index (Phi) is 4.80. The van der Waals surface area contributed by atoms with Gasteiger partial charge in [0.25, 0.3) is 0 Å². The lowest BCUT2D eigenvalue weighted by atomic mass is 9.99. The SMILES string of the molecule is CC(=O)Nc1cccc(-n2c(S[C@H]3CCCCC3=O)nnc2C2CC2)c1. The summed E-state index contributed by atoms with van der Waals surface area (Å²) in [6.45, 7) is 1.50. The minimum atomic E-state index is -0.101. The molecule has 0 bridgehead atoms. The molecule has 7 heteroatoms. The lowest BCUT2D eigenvalue weighted by molar-refractivity contribution is -0.119. The average Bonchev–Trinajstić information content (AvgIpc) is 3.37. The Morgan fingerprint density at radius 1 is 1.23 bits per heavy atom. The van der Waals surface area contributed by atoms with E-state index in [1.165, 1.54) is 18.7 Å². The molecule has 26 heavy (non-hydrogen) atoms. The van der Waals surface area contributed by atoms with Gasteiger partial charge in [0.05, 0.1) is 10.9 Å². The zero-order valence-electron chi connectivity index (χ0n) is 14.8. The summed E-state index contributed by atoms with van der Waals surface area (Å²) in [6, 6.07) is 7.71. The van der Waals surface area contributed by atoms with Crippen molar-refractivity contribution in [2.45, 2.75) is 61.8 Å². The van der Waals surface area contributed by atoms with Crippen molar-refractivity contribution < 1.29 is 9.59 Å². The van der Waals surface area contributed by atoms with E-state index in [1.54, 1.807) is 0 Å². The normalized spacial score (nSPS) is 20.2. The molecule has 1 aromatic carbocycles. The summed E-state index contributed by atoms with van der Waals surface area (Å²) >= 11 is 1.53. The van der Waals surface area contributed by atoms with Gasteiger partial charge in [-0.05, 0) is 43.9 Å². The molecule has 0 spiro atoms. The van der Waals surface area contributed by atoms with Gasteiger partial charge in [0.1, 0.15) is 11.6 Å². The number of amides is 1. The molecule has 1 atom stereocenters. The predicted octanol–water partition coefficient (Wildman–Crippen LogP) is 3.71. The Hall–Kier alpha value is -2.15. The minimum Gasteiger partial charge on any atom is -0.326 e. The van der Waals surface area contributed by atoms with E-state index in [1.807, 2.05) is 24.3 Å². The largest absolute Gasteiger partial charge is 0.326 e. The number of rotatable bonds is 5. The number of hydrogen-bond acceptors (Lipinski definition) is 5. The van der Waals surface area contributed by atoms with Crippen LogP contribution in [0.25, 0.3) is 5.69 Å². The van der Waals surface area contributed by atoms with Crippen molar-refractivity contribution in [2.24, 2.45) is 0 Å². The van der Waals surface area contributed by atoms with Gasteiger partial charge in [-0.2, -0.15) is 0 Å². The van der Waals surface area contributed by atoms with E-state index in [4.69, 9.17) is 0 Å². The van der Waals surface area contributed by atoms with Crippen LogP contribution in [-0.2, 0) is 9.59 Å². The van der Waals surface area contributed by atoms with Crippen LogP contribution < -0.4 is 5.32 Å². The Bertz CT molecular complexity index is 844. The molecular weight excluding hydrogens is 348 g/mol. The molecule has 1 aromatic heterocycles. The predicted molar refractivity (Wildman–Crippen MR) is 101 cm³/mol. The van der Waals surface area contributed by atoms with Gasteiger partial charge in [0, 0.05) is 24.9 Å². The molecule has 2 fully saturated rings. The molecule has 0 saturated heterocycles. The fraction of sp³-hybridized carbons (Fsp3) is 0.474. The maximum absolute atomic E-state index is 12.2. The second kappa shape index (κ2) is 7.23. The summed E-state index contributed by atoms with van der Waals surface area (Å²) in [5.74, 6) is 1.60. The summed E-state index contributed by atoms with van der Waals surface area (Å²) in [5.41, 5.74) is 1.67. The van der Waals surface area contributed by atoms with Crippen LogP contribution in [-0.4, -0.2) is 31.7 Å². The maximum Gasteiger partial charge on any atom is 0.221 e.